The van der Waals surface area contributed by atoms with Gasteiger partial charge in [0.2, 0.25) is 0 Å². The third kappa shape index (κ3) is 4.45. The molecule has 115 valence electrons. The summed E-state index contributed by atoms with van der Waals surface area (Å²) in [5.41, 5.74) is 1.56. The number of nitrogens with zero attached hydrogens (tertiary/aromatic N) is 1. The van der Waals surface area contributed by atoms with Crippen molar-refractivity contribution in [2.24, 2.45) is 0 Å². The molecular formula is C16H18IrNO3-. The molecule has 0 saturated carbocycles. The zero-order valence-corrected chi connectivity index (χ0v) is 14.7. The van der Waals surface area contributed by atoms with Gasteiger partial charge < -0.3 is 19.2 Å². The van der Waals surface area contributed by atoms with E-state index < -0.39 is 0 Å². The van der Waals surface area contributed by atoms with E-state index in [4.69, 9.17) is 14.2 Å². The zero-order chi connectivity index (χ0) is 14.4. The van der Waals surface area contributed by atoms with Crippen LogP contribution in [0.5, 0.6) is 17.2 Å². The Bertz CT molecular complexity index is 575. The van der Waals surface area contributed by atoms with Crippen LogP contribution in [0.3, 0.4) is 0 Å². The van der Waals surface area contributed by atoms with E-state index in [2.05, 4.69) is 11.1 Å². The van der Waals surface area contributed by atoms with Gasteiger partial charge in [0.05, 0.1) is 20.3 Å². The summed E-state index contributed by atoms with van der Waals surface area (Å²) < 4.78 is 16.4. The summed E-state index contributed by atoms with van der Waals surface area (Å²) in [7, 11) is 1.63. The van der Waals surface area contributed by atoms with Crippen molar-refractivity contribution in [3.05, 3.63) is 36.5 Å². The van der Waals surface area contributed by atoms with Crippen molar-refractivity contribution >= 4 is 0 Å². The molecule has 0 bridgehead atoms. The molecule has 0 fully saturated rings. The van der Waals surface area contributed by atoms with Crippen molar-refractivity contribution < 1.29 is 34.3 Å². The number of hydrogen-bond acceptors (Lipinski definition) is 4. The normalized spacial score (nSPS) is 9.67. The van der Waals surface area contributed by atoms with Gasteiger partial charge in [0.25, 0.3) is 0 Å². The number of aromatic nitrogens is 1. The van der Waals surface area contributed by atoms with E-state index in [1.165, 1.54) is 0 Å². The Morgan fingerprint density at radius 3 is 2.52 bits per heavy atom. The molecule has 0 N–H and O–H groups in total. The first-order valence-electron chi connectivity index (χ1n) is 6.60. The molecule has 4 nitrogen and oxygen atoms in total. The van der Waals surface area contributed by atoms with Crippen LogP contribution in [0.25, 0.3) is 11.3 Å². The summed E-state index contributed by atoms with van der Waals surface area (Å²) in [6.45, 7) is 5.06. The number of rotatable bonds is 6. The first-order chi connectivity index (χ1) is 9.78. The molecule has 21 heavy (non-hydrogen) atoms. The second-order valence-electron chi connectivity index (χ2n) is 4.02. The van der Waals surface area contributed by atoms with Crippen LogP contribution in [0.15, 0.2) is 30.5 Å². The molecular weight excluding hydrogens is 446 g/mol. The Balaban J connectivity index is 0.00000220. The quantitative estimate of drug-likeness (QED) is 0.615. The van der Waals surface area contributed by atoms with Crippen LogP contribution in [0.1, 0.15) is 13.8 Å². The van der Waals surface area contributed by atoms with Crippen LogP contribution in [-0.2, 0) is 20.1 Å². The zero-order valence-electron chi connectivity index (χ0n) is 12.3. The van der Waals surface area contributed by atoms with Gasteiger partial charge in [-0.1, -0.05) is 11.6 Å². The summed E-state index contributed by atoms with van der Waals surface area (Å²) in [6, 6.07) is 10.5. The molecule has 5 heteroatoms. The Kier molecular flexibility index (Phi) is 7.20. The van der Waals surface area contributed by atoms with E-state index in [0.717, 1.165) is 22.8 Å². The molecule has 0 aliphatic carbocycles. The molecule has 0 aliphatic rings. The maximum atomic E-state index is 5.66. The molecule has 2 aromatic rings. The topological polar surface area (TPSA) is 40.6 Å². The summed E-state index contributed by atoms with van der Waals surface area (Å²) in [5.74, 6) is 2.20. The molecule has 1 radical (unpaired) electrons. The fourth-order valence-electron chi connectivity index (χ4n) is 1.85. The van der Waals surface area contributed by atoms with Gasteiger partial charge in [-0.2, -0.15) is 0 Å². The predicted octanol–water partition coefficient (Wildman–Crippen LogP) is 3.35. The van der Waals surface area contributed by atoms with Crippen molar-refractivity contribution in [3.63, 3.8) is 0 Å². The Morgan fingerprint density at radius 1 is 1.10 bits per heavy atom. The molecule has 1 aromatic heterocycles. The van der Waals surface area contributed by atoms with Gasteiger partial charge in [-0.25, -0.2) is 0 Å². The maximum Gasteiger partial charge on any atom is 0.113 e. The third-order valence-electron chi connectivity index (χ3n) is 2.71. The minimum absolute atomic E-state index is 0. The van der Waals surface area contributed by atoms with Gasteiger partial charge in [-0.05, 0) is 31.7 Å². The van der Waals surface area contributed by atoms with Gasteiger partial charge >= 0.3 is 0 Å². The SMILES string of the molecule is CCOc1c[c-]c(-c2cc(OC)ccn2)c(OCC)c1.[Ir]. The van der Waals surface area contributed by atoms with E-state index in [1.54, 1.807) is 25.4 Å². The molecule has 0 saturated heterocycles. The second-order valence-corrected chi connectivity index (χ2v) is 4.02. The number of pyridine rings is 1. The fourth-order valence-corrected chi connectivity index (χ4v) is 1.85. The third-order valence-corrected chi connectivity index (χ3v) is 2.71. The largest absolute Gasteiger partial charge is 0.537 e. The summed E-state index contributed by atoms with van der Waals surface area (Å²) in [4.78, 5) is 4.34. The van der Waals surface area contributed by atoms with Crippen LogP contribution >= 0.6 is 0 Å². The molecule has 2 rings (SSSR count). The van der Waals surface area contributed by atoms with Crippen molar-refractivity contribution in [1.82, 2.24) is 4.98 Å². The average molecular weight is 465 g/mol. The van der Waals surface area contributed by atoms with E-state index in [-0.39, 0.29) is 20.1 Å². The maximum absolute atomic E-state index is 5.66. The molecule has 0 aliphatic heterocycles. The first-order valence-corrected chi connectivity index (χ1v) is 6.60. The number of methoxy groups -OCH3 is 1. The fraction of sp³-hybridized carbons (Fsp3) is 0.312. The summed E-state index contributed by atoms with van der Waals surface area (Å²) in [6.07, 6.45) is 1.70. The molecule has 0 unspecified atom stereocenters. The van der Waals surface area contributed by atoms with Gasteiger partial charge in [0.15, 0.2) is 0 Å². The Morgan fingerprint density at radius 2 is 1.86 bits per heavy atom. The van der Waals surface area contributed by atoms with Crippen LogP contribution in [0, 0.1) is 6.07 Å². The standard InChI is InChI=1S/C16H18NO3.Ir/c1-4-19-13-6-7-14(16(11-13)20-5-2)15-10-12(18-3)8-9-17-15;/h6,8-11H,4-5H2,1-3H3;/q-1;. The minimum Gasteiger partial charge on any atom is -0.537 e. The van der Waals surface area contributed by atoms with Gasteiger partial charge in [-0.15, -0.1) is 12.1 Å². The van der Waals surface area contributed by atoms with Crippen molar-refractivity contribution in [3.8, 4) is 28.5 Å². The molecule has 1 aromatic carbocycles. The van der Waals surface area contributed by atoms with Gasteiger partial charge in [-0.3, -0.25) is 0 Å². The van der Waals surface area contributed by atoms with Gasteiger partial charge in [0.1, 0.15) is 5.75 Å². The number of hydrogen-bond donors (Lipinski definition) is 0. The minimum atomic E-state index is 0. The van der Waals surface area contributed by atoms with Crippen molar-refractivity contribution in [1.29, 1.82) is 0 Å². The molecule has 0 spiro atoms. The first kappa shape index (κ1) is 17.5. The van der Waals surface area contributed by atoms with E-state index in [0.29, 0.717) is 19.0 Å². The van der Waals surface area contributed by atoms with Crippen molar-refractivity contribution in [2.75, 3.05) is 20.3 Å². The van der Waals surface area contributed by atoms with Gasteiger partial charge in [0, 0.05) is 37.8 Å². The molecule has 0 amide bonds. The Hall–Kier alpha value is -1.58. The van der Waals surface area contributed by atoms with Crippen LogP contribution < -0.4 is 14.2 Å². The predicted molar refractivity (Wildman–Crippen MR) is 77.4 cm³/mol. The number of ether oxygens (including phenoxy) is 3. The van der Waals surface area contributed by atoms with Crippen LogP contribution in [0.4, 0.5) is 0 Å². The van der Waals surface area contributed by atoms with Crippen LogP contribution in [-0.4, -0.2) is 25.3 Å². The second kappa shape index (κ2) is 8.65. The van der Waals surface area contributed by atoms with Crippen molar-refractivity contribution in [2.45, 2.75) is 13.8 Å². The molecule has 1 heterocycles. The monoisotopic (exact) mass is 465 g/mol. The summed E-state index contributed by atoms with van der Waals surface area (Å²) >= 11 is 0. The molecule has 0 atom stereocenters. The van der Waals surface area contributed by atoms with Crippen LogP contribution in [0.2, 0.25) is 0 Å². The van der Waals surface area contributed by atoms with E-state index in [1.807, 2.05) is 26.0 Å². The van der Waals surface area contributed by atoms with E-state index >= 15 is 0 Å². The average Bonchev–Trinajstić information content (AvgIpc) is 2.48. The van der Waals surface area contributed by atoms with E-state index in [9.17, 15) is 0 Å². The summed E-state index contributed by atoms with van der Waals surface area (Å²) in [5, 5.41) is 0. The number of benzene rings is 1. The Labute approximate surface area is 138 Å². The smallest absolute Gasteiger partial charge is 0.113 e.